The minimum atomic E-state index is -0.470. The Balaban J connectivity index is 2.86. The predicted octanol–water partition coefficient (Wildman–Crippen LogP) is 2.43. The van der Waals surface area contributed by atoms with Crippen LogP contribution in [0.2, 0.25) is 0 Å². The van der Waals surface area contributed by atoms with E-state index in [1.54, 1.807) is 6.07 Å². The van der Waals surface area contributed by atoms with E-state index in [0.29, 0.717) is 24.6 Å². The molecular weight excluding hydrogens is 197 g/mol. The number of amides is 1. The highest BCUT2D eigenvalue weighted by Gasteiger charge is 2.09. The highest BCUT2D eigenvalue weighted by molar-refractivity contribution is 5.75. The van der Waals surface area contributed by atoms with Crippen LogP contribution in [0.15, 0.2) is 18.2 Å². The van der Waals surface area contributed by atoms with Crippen LogP contribution < -0.4 is 10.1 Å². The van der Waals surface area contributed by atoms with Gasteiger partial charge in [0.2, 0.25) is 6.41 Å². The summed E-state index contributed by atoms with van der Waals surface area (Å²) in [4.78, 5) is 10.3. The lowest BCUT2D eigenvalue weighted by Gasteiger charge is -2.12. The maximum atomic E-state index is 13.3. The van der Waals surface area contributed by atoms with Gasteiger partial charge in [-0.15, -0.1) is 0 Å². The molecule has 1 amide bonds. The number of rotatable bonds is 5. The first-order chi connectivity index (χ1) is 7.15. The van der Waals surface area contributed by atoms with Gasteiger partial charge < -0.3 is 10.1 Å². The summed E-state index contributed by atoms with van der Waals surface area (Å²) in [6.07, 6.45) is 0.497. The molecule has 1 rings (SSSR count). The molecule has 82 valence electrons. The molecule has 0 aliphatic carbocycles. The van der Waals surface area contributed by atoms with Crippen LogP contribution in [0.4, 0.5) is 10.1 Å². The Kier molecular flexibility index (Phi) is 4.09. The van der Waals surface area contributed by atoms with Gasteiger partial charge in [0.25, 0.3) is 0 Å². The van der Waals surface area contributed by atoms with Gasteiger partial charge in [-0.1, -0.05) is 19.9 Å². The van der Waals surface area contributed by atoms with Crippen LogP contribution in [0.3, 0.4) is 0 Å². The van der Waals surface area contributed by atoms with Crippen molar-refractivity contribution < 1.29 is 13.9 Å². The molecule has 0 spiro atoms. The summed E-state index contributed by atoms with van der Waals surface area (Å²) < 4.78 is 18.6. The van der Waals surface area contributed by atoms with Crippen molar-refractivity contribution in [1.82, 2.24) is 0 Å². The summed E-state index contributed by atoms with van der Waals surface area (Å²) in [6.45, 7) is 4.34. The zero-order valence-electron chi connectivity index (χ0n) is 8.79. The SMILES string of the molecule is CC(C)COc1c(F)cccc1NC=O. The maximum absolute atomic E-state index is 13.3. The number of hydrogen-bond acceptors (Lipinski definition) is 2. The van der Waals surface area contributed by atoms with Crippen LogP contribution in [-0.4, -0.2) is 13.0 Å². The molecule has 0 aromatic heterocycles. The van der Waals surface area contributed by atoms with E-state index in [1.165, 1.54) is 12.1 Å². The minimum absolute atomic E-state index is 0.0956. The molecule has 1 N–H and O–H groups in total. The summed E-state index contributed by atoms with van der Waals surface area (Å²) in [5, 5.41) is 2.40. The lowest BCUT2D eigenvalue weighted by molar-refractivity contribution is -0.105. The van der Waals surface area contributed by atoms with E-state index in [9.17, 15) is 9.18 Å². The third kappa shape index (κ3) is 3.23. The molecule has 3 nitrogen and oxygen atoms in total. The first kappa shape index (κ1) is 11.5. The lowest BCUT2D eigenvalue weighted by Crippen LogP contribution is -2.08. The summed E-state index contributed by atoms with van der Waals surface area (Å²) in [6, 6.07) is 4.40. The standard InChI is InChI=1S/C11H14FNO2/c1-8(2)6-15-11-9(12)4-3-5-10(11)13-7-14/h3-5,7-8H,6H2,1-2H3,(H,13,14). The van der Waals surface area contributed by atoms with Crippen LogP contribution in [0.5, 0.6) is 5.75 Å². The molecule has 0 atom stereocenters. The number of halogens is 1. The molecule has 0 bridgehead atoms. The van der Waals surface area contributed by atoms with Gasteiger partial charge in [0.1, 0.15) is 0 Å². The van der Waals surface area contributed by atoms with Gasteiger partial charge in [-0.25, -0.2) is 4.39 Å². The fourth-order valence-electron chi connectivity index (χ4n) is 1.08. The lowest BCUT2D eigenvalue weighted by atomic mass is 10.2. The van der Waals surface area contributed by atoms with Gasteiger partial charge in [-0.2, -0.15) is 0 Å². The zero-order chi connectivity index (χ0) is 11.3. The van der Waals surface area contributed by atoms with Crippen LogP contribution in [0.1, 0.15) is 13.8 Å². The van der Waals surface area contributed by atoms with Crippen LogP contribution >= 0.6 is 0 Å². The van der Waals surface area contributed by atoms with Gasteiger partial charge in [0, 0.05) is 0 Å². The second-order valence-corrected chi connectivity index (χ2v) is 3.58. The Hall–Kier alpha value is -1.58. The Morgan fingerprint density at radius 1 is 1.53 bits per heavy atom. The molecule has 0 aliphatic rings. The molecule has 0 fully saturated rings. The van der Waals surface area contributed by atoms with Crippen LogP contribution in [0.25, 0.3) is 0 Å². The Bertz CT molecular complexity index is 339. The van der Waals surface area contributed by atoms with E-state index in [0.717, 1.165) is 0 Å². The van der Waals surface area contributed by atoms with Crippen molar-refractivity contribution in [2.24, 2.45) is 5.92 Å². The summed E-state index contributed by atoms with van der Waals surface area (Å²) in [7, 11) is 0. The van der Waals surface area contributed by atoms with E-state index in [4.69, 9.17) is 4.74 Å². The zero-order valence-corrected chi connectivity index (χ0v) is 8.79. The average molecular weight is 211 g/mol. The molecule has 4 heteroatoms. The van der Waals surface area contributed by atoms with E-state index < -0.39 is 5.82 Å². The topological polar surface area (TPSA) is 38.3 Å². The molecule has 15 heavy (non-hydrogen) atoms. The number of carbonyl (C=O) groups excluding carboxylic acids is 1. The first-order valence-corrected chi connectivity index (χ1v) is 4.76. The summed E-state index contributed by atoms with van der Waals surface area (Å²) >= 11 is 0. The maximum Gasteiger partial charge on any atom is 0.211 e. The molecule has 0 aliphatic heterocycles. The molecule has 0 unspecified atom stereocenters. The summed E-state index contributed by atoms with van der Waals surface area (Å²) in [5.74, 6) is -0.0745. The number of para-hydroxylation sites is 1. The van der Waals surface area contributed by atoms with Crippen molar-refractivity contribution in [3.05, 3.63) is 24.0 Å². The minimum Gasteiger partial charge on any atom is -0.488 e. The van der Waals surface area contributed by atoms with Gasteiger partial charge in [0.15, 0.2) is 11.6 Å². The fraction of sp³-hybridized carbons (Fsp3) is 0.364. The molecule has 0 radical (unpaired) electrons. The van der Waals surface area contributed by atoms with E-state index >= 15 is 0 Å². The number of benzene rings is 1. The van der Waals surface area contributed by atoms with E-state index in [-0.39, 0.29) is 5.75 Å². The monoisotopic (exact) mass is 211 g/mol. The van der Waals surface area contributed by atoms with Crippen LogP contribution in [0, 0.1) is 11.7 Å². The van der Waals surface area contributed by atoms with Crippen molar-refractivity contribution in [3.8, 4) is 5.75 Å². The normalized spacial score (nSPS) is 10.1. The number of ether oxygens (including phenoxy) is 1. The van der Waals surface area contributed by atoms with E-state index in [1.807, 2.05) is 13.8 Å². The smallest absolute Gasteiger partial charge is 0.211 e. The molecular formula is C11H14FNO2. The highest BCUT2D eigenvalue weighted by atomic mass is 19.1. The quantitative estimate of drug-likeness (QED) is 0.759. The third-order valence-corrected chi connectivity index (χ3v) is 1.74. The molecule has 0 heterocycles. The molecule has 0 saturated heterocycles. The molecule has 0 saturated carbocycles. The largest absolute Gasteiger partial charge is 0.488 e. The molecule has 1 aromatic carbocycles. The van der Waals surface area contributed by atoms with Gasteiger partial charge >= 0.3 is 0 Å². The Morgan fingerprint density at radius 3 is 2.87 bits per heavy atom. The van der Waals surface area contributed by atoms with Crippen molar-refractivity contribution >= 4 is 12.1 Å². The number of carbonyl (C=O) groups is 1. The number of anilines is 1. The highest BCUT2D eigenvalue weighted by Crippen LogP contribution is 2.27. The molecule has 1 aromatic rings. The number of hydrogen-bond donors (Lipinski definition) is 1. The third-order valence-electron chi connectivity index (χ3n) is 1.74. The van der Waals surface area contributed by atoms with E-state index in [2.05, 4.69) is 5.32 Å². The second kappa shape index (κ2) is 5.34. The van der Waals surface area contributed by atoms with Crippen molar-refractivity contribution in [2.45, 2.75) is 13.8 Å². The Labute approximate surface area is 88.2 Å². The van der Waals surface area contributed by atoms with Crippen molar-refractivity contribution in [3.63, 3.8) is 0 Å². The first-order valence-electron chi connectivity index (χ1n) is 4.76. The summed E-state index contributed by atoms with van der Waals surface area (Å²) in [5.41, 5.74) is 0.352. The average Bonchev–Trinajstić information content (AvgIpc) is 2.17. The fourth-order valence-corrected chi connectivity index (χ4v) is 1.08. The van der Waals surface area contributed by atoms with Crippen LogP contribution in [-0.2, 0) is 4.79 Å². The van der Waals surface area contributed by atoms with Gasteiger partial charge in [-0.05, 0) is 18.1 Å². The van der Waals surface area contributed by atoms with Crippen molar-refractivity contribution in [1.29, 1.82) is 0 Å². The number of nitrogens with one attached hydrogen (secondary N) is 1. The predicted molar refractivity (Wildman–Crippen MR) is 56.4 cm³/mol. The Morgan fingerprint density at radius 2 is 2.27 bits per heavy atom. The van der Waals surface area contributed by atoms with Gasteiger partial charge in [-0.3, -0.25) is 4.79 Å². The van der Waals surface area contributed by atoms with Crippen molar-refractivity contribution in [2.75, 3.05) is 11.9 Å². The second-order valence-electron chi connectivity index (χ2n) is 3.58. The van der Waals surface area contributed by atoms with Gasteiger partial charge in [0.05, 0.1) is 12.3 Å².